The van der Waals surface area contributed by atoms with Crippen LogP contribution in [-0.4, -0.2) is 44.2 Å². The van der Waals surface area contributed by atoms with E-state index in [4.69, 9.17) is 10.2 Å². The predicted octanol–water partition coefficient (Wildman–Crippen LogP) is 13.8. The molecule has 0 spiro atoms. The van der Waals surface area contributed by atoms with Gasteiger partial charge in [0.2, 0.25) is 0 Å². The number of aromatic amines is 1. The molecule has 8 nitrogen and oxygen atoms in total. The summed E-state index contributed by atoms with van der Waals surface area (Å²) in [7, 11) is 0. The summed E-state index contributed by atoms with van der Waals surface area (Å²) < 4.78 is 0. The van der Waals surface area contributed by atoms with Crippen LogP contribution < -0.4 is 0 Å². The Morgan fingerprint density at radius 3 is 1.60 bits per heavy atom. The molecule has 4 saturated carbocycles. The summed E-state index contributed by atoms with van der Waals surface area (Å²) in [5.41, 5.74) is 11.2. The van der Waals surface area contributed by atoms with Crippen molar-refractivity contribution in [2.75, 3.05) is 0 Å². The Balaban J connectivity index is 0.000000151. The Hall–Kier alpha value is -4.07. The number of carbonyl (C=O) groups excluding carboxylic acids is 2. The van der Waals surface area contributed by atoms with Gasteiger partial charge < -0.3 is 20.0 Å². The molecule has 8 heteroatoms. The third-order valence-electron chi connectivity index (χ3n) is 16.2. The minimum absolute atomic E-state index is 0.351. The van der Waals surface area contributed by atoms with Crippen LogP contribution in [0, 0.1) is 33.5 Å². The summed E-state index contributed by atoms with van der Waals surface area (Å²) in [4.78, 5) is 48.1. The topological polar surface area (TPSA) is 137 Å². The zero-order valence-electron chi connectivity index (χ0n) is 39.4. The fourth-order valence-electron chi connectivity index (χ4n) is 11.8. The van der Waals surface area contributed by atoms with Gasteiger partial charge in [0.25, 0.3) is 0 Å². The molecule has 6 atom stereocenters. The third-order valence-corrected chi connectivity index (χ3v) is 16.2. The summed E-state index contributed by atoms with van der Waals surface area (Å²) in [6, 6.07) is 0. The Morgan fingerprint density at radius 1 is 0.651 bits per heavy atom. The molecule has 1 heterocycles. The zero-order valence-corrected chi connectivity index (χ0v) is 39.4. The smallest absolute Gasteiger partial charge is 0.328 e. The molecule has 0 aliphatic heterocycles. The Morgan fingerprint density at radius 2 is 1.11 bits per heavy atom. The number of nitrogens with one attached hydrogen (secondary N) is 1. The van der Waals surface area contributed by atoms with E-state index in [2.05, 4.69) is 62.5 Å². The van der Waals surface area contributed by atoms with E-state index in [1.165, 1.54) is 158 Å². The quantitative estimate of drug-likeness (QED) is 0.147. The van der Waals surface area contributed by atoms with Crippen molar-refractivity contribution in [2.24, 2.45) is 33.5 Å². The highest BCUT2D eigenvalue weighted by Crippen LogP contribution is 2.51. The molecule has 3 N–H and O–H groups in total. The van der Waals surface area contributed by atoms with E-state index >= 15 is 0 Å². The van der Waals surface area contributed by atoms with Crippen LogP contribution in [0.2, 0.25) is 0 Å². The van der Waals surface area contributed by atoms with Gasteiger partial charge in [-0.25, -0.2) is 14.6 Å². The molecule has 9 rings (SSSR count). The highest BCUT2D eigenvalue weighted by Gasteiger charge is 2.37. The zero-order chi connectivity index (χ0) is 45.5. The molecule has 1 aromatic rings. The number of allylic oxidation sites excluding steroid dienone is 9. The van der Waals surface area contributed by atoms with Crippen LogP contribution in [0.3, 0.4) is 0 Å². The number of hydrogen-bond acceptors (Lipinski definition) is 5. The molecule has 0 radical (unpaired) electrons. The fraction of sp³-hybridized carbons (Fsp3) is 0.655. The lowest BCUT2D eigenvalue weighted by Gasteiger charge is -2.41. The Labute approximate surface area is 379 Å². The molecule has 0 amide bonds. The molecular weight excluding hydrogens is 785 g/mol. The number of aldehydes is 1. The number of H-pyrrole nitrogens is 1. The fourth-order valence-corrected chi connectivity index (χ4v) is 11.8. The van der Waals surface area contributed by atoms with Gasteiger partial charge in [0.15, 0.2) is 5.78 Å². The van der Waals surface area contributed by atoms with Gasteiger partial charge in [0.05, 0.1) is 6.33 Å². The third kappa shape index (κ3) is 14.7. The van der Waals surface area contributed by atoms with E-state index in [1.54, 1.807) is 23.0 Å². The summed E-state index contributed by atoms with van der Waals surface area (Å²) in [5, 5.41) is 15.6. The van der Waals surface area contributed by atoms with Crippen LogP contribution in [0.5, 0.6) is 0 Å². The van der Waals surface area contributed by atoms with Gasteiger partial charge in [-0.1, -0.05) is 106 Å². The normalized spacial score (nSPS) is 32.0. The van der Waals surface area contributed by atoms with Crippen LogP contribution in [-0.2, 0) is 25.6 Å². The van der Waals surface area contributed by atoms with E-state index < -0.39 is 11.9 Å². The second-order valence-corrected chi connectivity index (χ2v) is 21.2. The van der Waals surface area contributed by atoms with Crippen LogP contribution in [0.1, 0.15) is 194 Å². The van der Waals surface area contributed by atoms with E-state index in [0.29, 0.717) is 45.5 Å². The number of aromatic nitrogens is 2. The second-order valence-electron chi connectivity index (χ2n) is 21.2. The van der Waals surface area contributed by atoms with Gasteiger partial charge in [-0.15, -0.1) is 0 Å². The van der Waals surface area contributed by atoms with Crippen molar-refractivity contribution in [2.45, 2.75) is 195 Å². The molecule has 4 fully saturated rings. The lowest BCUT2D eigenvalue weighted by Crippen LogP contribution is -2.28. The standard InChI is InChI=1S/C15H22N2.C13H20O.C12H18.C11H16O.C4H4O4/c1-15-6-3-2-4-13(15)8-12(5-7-15)9-14-10-16-11-17-14;1-13-7-3-2-4-12(13)10-11(5-8-13)6-9-14;1-10-6-8-12(2)7-4-3-5-11(12)9-10;1-11-6-3-2-4-9(11)8-10(12)5-7-11;5-3(6)1-2-4(7)8/h8,10-12H,2-7,9H2,1H3,(H,16,17);9-11H,2-8H2,1H3;9H,1,3-8H2,2H3;8H,2-7H2,1H3;1-2H,(H,5,6)(H,7,8)/b;;;;2-1+/t12-,15-;11-,13+;12-;11-;/m0100./s1. The molecule has 0 saturated heterocycles. The first-order chi connectivity index (χ1) is 30.0. The number of rotatable bonds is 6. The first-order valence-electron chi connectivity index (χ1n) is 24.6. The van der Waals surface area contributed by atoms with Crippen LogP contribution in [0.4, 0.5) is 0 Å². The van der Waals surface area contributed by atoms with Crippen LogP contribution in [0.25, 0.3) is 0 Å². The summed E-state index contributed by atoms with van der Waals surface area (Å²) in [6.07, 6.45) is 48.5. The van der Waals surface area contributed by atoms with Crippen LogP contribution in [0.15, 0.2) is 83.4 Å². The number of carboxylic acids is 2. The number of nitrogens with zero attached hydrogens (tertiary/aromatic N) is 1. The summed E-state index contributed by atoms with van der Waals surface area (Å²) in [5.74, 6) is -0.880. The average Bonchev–Trinajstić information content (AvgIpc) is 3.78. The largest absolute Gasteiger partial charge is 0.478 e. The van der Waals surface area contributed by atoms with E-state index in [-0.39, 0.29) is 0 Å². The molecule has 63 heavy (non-hydrogen) atoms. The van der Waals surface area contributed by atoms with Gasteiger partial charge in [0, 0.05) is 36.9 Å². The first-order valence-corrected chi connectivity index (χ1v) is 24.6. The number of ketones is 1. The number of hydrogen-bond donors (Lipinski definition) is 3. The second kappa shape index (κ2) is 23.2. The van der Waals surface area contributed by atoms with E-state index in [1.807, 2.05) is 12.3 Å². The van der Waals surface area contributed by atoms with Crippen molar-refractivity contribution in [3.05, 3.63) is 89.1 Å². The lowest BCUT2D eigenvalue weighted by molar-refractivity contribution is -0.134. The molecule has 8 aliphatic rings. The molecule has 0 aromatic carbocycles. The number of aliphatic carboxylic acids is 2. The highest BCUT2D eigenvalue weighted by molar-refractivity contribution is 5.91. The minimum atomic E-state index is -1.26. The number of imidazole rings is 1. The van der Waals surface area contributed by atoms with E-state index in [9.17, 15) is 19.2 Å². The summed E-state index contributed by atoms with van der Waals surface area (Å²) in [6.45, 7) is 13.7. The maximum Gasteiger partial charge on any atom is 0.328 e. The number of carboxylic acid groups (broad SMARTS) is 2. The highest BCUT2D eigenvalue weighted by atomic mass is 16.4. The molecule has 0 bridgehead atoms. The van der Waals surface area contributed by atoms with Gasteiger partial charge >= 0.3 is 11.9 Å². The van der Waals surface area contributed by atoms with Gasteiger partial charge in [-0.2, -0.15) is 0 Å². The van der Waals surface area contributed by atoms with Gasteiger partial charge in [-0.05, 0) is 168 Å². The molecule has 346 valence electrons. The Kier molecular flexibility index (Phi) is 18.4. The lowest BCUT2D eigenvalue weighted by atomic mass is 9.64. The minimum Gasteiger partial charge on any atom is -0.478 e. The van der Waals surface area contributed by atoms with Crippen molar-refractivity contribution in [1.82, 2.24) is 9.97 Å². The summed E-state index contributed by atoms with van der Waals surface area (Å²) >= 11 is 0. The van der Waals surface area contributed by atoms with Crippen molar-refractivity contribution in [3.63, 3.8) is 0 Å². The van der Waals surface area contributed by atoms with Crippen molar-refractivity contribution in [1.29, 1.82) is 0 Å². The van der Waals surface area contributed by atoms with Crippen molar-refractivity contribution >= 4 is 24.0 Å². The van der Waals surface area contributed by atoms with Gasteiger partial charge in [0.1, 0.15) is 6.29 Å². The van der Waals surface area contributed by atoms with Gasteiger partial charge in [-0.3, -0.25) is 4.79 Å². The molecule has 1 aromatic heterocycles. The average molecular weight is 865 g/mol. The molecular formula is C55H80N2O6. The number of fused-ring (bicyclic) bond motifs is 4. The first kappa shape index (κ1) is 49.9. The predicted molar refractivity (Wildman–Crippen MR) is 254 cm³/mol. The maximum atomic E-state index is 11.2. The Bertz CT molecular complexity index is 1830. The van der Waals surface area contributed by atoms with Crippen molar-refractivity contribution < 1.29 is 29.4 Å². The molecule has 8 aliphatic carbocycles. The molecule has 0 unspecified atom stereocenters. The van der Waals surface area contributed by atoms with Crippen molar-refractivity contribution in [3.8, 4) is 0 Å². The SMILES string of the molecule is C=C1C=C2CCCC[C@@]2(C)CC1.C[C@@]12CCCCC1=CC(=O)CC2.C[C@@]12CCCCC1=C[C@@H](CC=O)CC2.C[C@@]12CCCCC1=C[C@@H](Cc1cnc[nH]1)CC2.O=C(O)/C=C/C(=O)O. The maximum absolute atomic E-state index is 11.2. The number of carbonyl (C=O) groups is 4. The van der Waals surface area contributed by atoms with Crippen LogP contribution >= 0.6 is 0 Å². The monoisotopic (exact) mass is 865 g/mol. The van der Waals surface area contributed by atoms with E-state index in [0.717, 1.165) is 37.9 Å².